The third-order valence-corrected chi connectivity index (χ3v) is 7.20. The van der Waals surface area contributed by atoms with E-state index < -0.39 is 12.0 Å². The van der Waals surface area contributed by atoms with Crippen LogP contribution < -0.4 is 9.64 Å². The van der Waals surface area contributed by atoms with E-state index in [-0.39, 0.29) is 29.4 Å². The van der Waals surface area contributed by atoms with Crippen molar-refractivity contribution in [2.24, 2.45) is 11.8 Å². The highest BCUT2D eigenvalue weighted by Gasteiger charge is 2.42. The first kappa shape index (κ1) is 22.4. The third-order valence-electron chi connectivity index (χ3n) is 7.20. The lowest BCUT2D eigenvalue weighted by Gasteiger charge is -2.45. The van der Waals surface area contributed by atoms with Gasteiger partial charge in [0.1, 0.15) is 11.9 Å². The second-order valence-electron chi connectivity index (χ2n) is 9.24. The van der Waals surface area contributed by atoms with Crippen LogP contribution in [0.15, 0.2) is 36.7 Å². The van der Waals surface area contributed by atoms with E-state index in [1.165, 1.54) is 31.9 Å². The van der Waals surface area contributed by atoms with E-state index in [1.807, 2.05) is 11.9 Å². The second-order valence-corrected chi connectivity index (χ2v) is 9.24. The number of phenolic OH excluding ortho intramolecular Hbond substituents is 1. The van der Waals surface area contributed by atoms with Crippen molar-refractivity contribution in [3.63, 3.8) is 0 Å². The number of hydrogen-bond donors (Lipinski definition) is 1. The van der Waals surface area contributed by atoms with E-state index in [4.69, 9.17) is 4.74 Å². The maximum Gasteiger partial charge on any atom is 0.250 e. The molecule has 2 heterocycles. The monoisotopic (exact) mass is 467 g/mol. The van der Waals surface area contributed by atoms with Gasteiger partial charge in [0.05, 0.1) is 24.9 Å². The number of alkyl halides is 1. The number of ether oxygens (including phenoxy) is 1. The summed E-state index contributed by atoms with van der Waals surface area (Å²) >= 11 is 0. The van der Waals surface area contributed by atoms with Gasteiger partial charge in [-0.1, -0.05) is 18.9 Å². The van der Waals surface area contributed by atoms with Gasteiger partial charge in [-0.3, -0.25) is 0 Å². The average Bonchev–Trinajstić information content (AvgIpc) is 2.86. The molecule has 2 bridgehead atoms. The van der Waals surface area contributed by atoms with Gasteiger partial charge in [-0.25, -0.2) is 18.7 Å². The summed E-state index contributed by atoms with van der Waals surface area (Å²) in [4.78, 5) is 10.2. The van der Waals surface area contributed by atoms with Gasteiger partial charge in [-0.05, 0) is 54.9 Å². The van der Waals surface area contributed by atoms with E-state index >= 15 is 4.39 Å². The van der Waals surface area contributed by atoms with Crippen molar-refractivity contribution in [1.29, 1.82) is 0 Å². The number of fused-ring (bicyclic) bond motifs is 2. The average molecular weight is 468 g/mol. The maximum absolute atomic E-state index is 15.1. The van der Waals surface area contributed by atoms with Crippen molar-refractivity contribution >= 4 is 5.82 Å². The fourth-order valence-corrected chi connectivity index (χ4v) is 5.35. The number of rotatable bonds is 5. The van der Waals surface area contributed by atoms with Crippen LogP contribution in [0, 0.1) is 17.7 Å². The Hall–Kier alpha value is -3.36. The Morgan fingerprint density at radius 2 is 1.91 bits per heavy atom. The Bertz CT molecular complexity index is 1180. The summed E-state index contributed by atoms with van der Waals surface area (Å²) in [7, 11) is 3.19. The van der Waals surface area contributed by atoms with Crippen LogP contribution in [0.25, 0.3) is 22.5 Å². The lowest BCUT2D eigenvalue weighted by atomic mass is 9.69. The Morgan fingerprint density at radius 3 is 2.62 bits per heavy atom. The minimum absolute atomic E-state index is 0.0689. The van der Waals surface area contributed by atoms with Crippen LogP contribution >= 0.6 is 0 Å². The molecule has 9 heteroatoms. The Labute approximate surface area is 196 Å². The van der Waals surface area contributed by atoms with Gasteiger partial charge in [-0.15, -0.1) is 10.2 Å². The van der Waals surface area contributed by atoms with Crippen molar-refractivity contribution in [2.45, 2.75) is 44.3 Å². The highest BCUT2D eigenvalue weighted by Crippen LogP contribution is 2.43. The fourth-order valence-electron chi connectivity index (χ4n) is 5.35. The van der Waals surface area contributed by atoms with Gasteiger partial charge < -0.3 is 14.7 Å². The first-order valence-corrected chi connectivity index (χ1v) is 11.5. The number of hydrogen-bond acceptors (Lipinski definition) is 7. The Kier molecular flexibility index (Phi) is 6.02. The van der Waals surface area contributed by atoms with Crippen molar-refractivity contribution in [3.05, 3.63) is 42.5 Å². The molecule has 3 aromatic rings. The SMILES string of the molecule is COc1ncc(-c2ccc(-c3ncc(N(C)[C@H]4C[C@@H]5CCC[C@@H](C5)[C@H]4F)nn3)c(O)c2)cc1F. The summed E-state index contributed by atoms with van der Waals surface area (Å²) in [5.74, 6) is 0.705. The summed E-state index contributed by atoms with van der Waals surface area (Å²) in [6.07, 6.45) is 7.21. The summed E-state index contributed by atoms with van der Waals surface area (Å²) in [5, 5.41) is 19.0. The van der Waals surface area contributed by atoms with Crippen LogP contribution in [0.4, 0.5) is 14.6 Å². The minimum atomic E-state index is -0.878. The predicted molar refractivity (Wildman–Crippen MR) is 124 cm³/mol. The molecular formula is C25H27F2N5O2. The fraction of sp³-hybridized carbons (Fsp3) is 0.440. The number of halogens is 2. The van der Waals surface area contributed by atoms with Crippen molar-refractivity contribution in [2.75, 3.05) is 19.1 Å². The van der Waals surface area contributed by atoms with Crippen LogP contribution in [-0.4, -0.2) is 51.6 Å². The predicted octanol–water partition coefficient (Wildman–Crippen LogP) is 4.81. The summed E-state index contributed by atoms with van der Waals surface area (Å²) < 4.78 is 34.0. The first-order chi connectivity index (χ1) is 16.4. The highest BCUT2D eigenvalue weighted by atomic mass is 19.1. The normalized spacial score (nSPS) is 24.0. The third kappa shape index (κ3) is 4.15. The zero-order valence-corrected chi connectivity index (χ0v) is 19.2. The van der Waals surface area contributed by atoms with Gasteiger partial charge in [0.2, 0.25) is 5.88 Å². The molecule has 0 spiro atoms. The molecule has 2 aliphatic rings. The molecule has 2 saturated carbocycles. The van der Waals surface area contributed by atoms with Gasteiger partial charge in [0, 0.05) is 18.8 Å². The molecule has 178 valence electrons. The molecule has 0 unspecified atom stereocenters. The van der Waals surface area contributed by atoms with E-state index in [2.05, 4.69) is 20.2 Å². The largest absolute Gasteiger partial charge is 0.507 e. The number of nitrogens with zero attached hydrogens (tertiary/aromatic N) is 5. The lowest BCUT2D eigenvalue weighted by molar-refractivity contribution is 0.0656. The van der Waals surface area contributed by atoms with Crippen molar-refractivity contribution in [3.8, 4) is 34.1 Å². The second kappa shape index (κ2) is 9.12. The van der Waals surface area contributed by atoms with E-state index in [1.54, 1.807) is 18.3 Å². The smallest absolute Gasteiger partial charge is 0.250 e. The van der Waals surface area contributed by atoms with Gasteiger partial charge in [0.15, 0.2) is 17.5 Å². The molecule has 1 N–H and O–H groups in total. The van der Waals surface area contributed by atoms with Gasteiger partial charge in [-0.2, -0.15) is 0 Å². The molecule has 7 nitrogen and oxygen atoms in total. The molecule has 0 saturated heterocycles. The molecule has 0 aliphatic heterocycles. The lowest BCUT2D eigenvalue weighted by Crippen LogP contribution is -2.49. The summed E-state index contributed by atoms with van der Waals surface area (Å²) in [6, 6.07) is 5.93. The highest BCUT2D eigenvalue weighted by molar-refractivity contribution is 5.72. The molecule has 4 atom stereocenters. The molecule has 0 amide bonds. The van der Waals surface area contributed by atoms with Gasteiger partial charge >= 0.3 is 0 Å². The first-order valence-electron chi connectivity index (χ1n) is 11.5. The molecular weight excluding hydrogens is 440 g/mol. The number of anilines is 1. The molecule has 5 rings (SSSR count). The van der Waals surface area contributed by atoms with E-state index in [0.29, 0.717) is 28.4 Å². The van der Waals surface area contributed by atoms with Crippen LogP contribution in [-0.2, 0) is 0 Å². The minimum Gasteiger partial charge on any atom is -0.507 e. The zero-order valence-electron chi connectivity index (χ0n) is 19.2. The van der Waals surface area contributed by atoms with Gasteiger partial charge in [0.25, 0.3) is 0 Å². The molecule has 0 radical (unpaired) electrons. The van der Waals surface area contributed by atoms with Crippen molar-refractivity contribution < 1.29 is 18.6 Å². The number of benzene rings is 1. The number of aromatic nitrogens is 4. The number of methoxy groups -OCH3 is 1. The van der Waals surface area contributed by atoms with E-state index in [0.717, 1.165) is 25.7 Å². The molecule has 2 aromatic heterocycles. The zero-order chi connectivity index (χ0) is 23.8. The quantitative estimate of drug-likeness (QED) is 0.577. The molecule has 2 fully saturated rings. The van der Waals surface area contributed by atoms with Crippen LogP contribution in [0.2, 0.25) is 0 Å². The van der Waals surface area contributed by atoms with E-state index in [9.17, 15) is 9.50 Å². The summed E-state index contributed by atoms with van der Waals surface area (Å²) in [5.41, 5.74) is 1.47. The van der Waals surface area contributed by atoms with Crippen LogP contribution in [0.3, 0.4) is 0 Å². The number of phenols is 1. The Balaban J connectivity index is 1.34. The van der Waals surface area contributed by atoms with Crippen LogP contribution in [0.5, 0.6) is 11.6 Å². The topological polar surface area (TPSA) is 84.3 Å². The molecule has 2 aliphatic carbocycles. The number of aromatic hydroxyl groups is 1. The Morgan fingerprint density at radius 1 is 1.06 bits per heavy atom. The van der Waals surface area contributed by atoms with Crippen molar-refractivity contribution in [1.82, 2.24) is 20.2 Å². The standard InChI is InChI=1S/C25H27F2N5O2/c1-32(20-9-14-4-3-5-16(8-14)23(20)27)22-13-28-24(31-30-22)18-7-6-15(11-21(18)33)17-10-19(26)25(34-2)29-12-17/h6-7,10-14,16,20,23,33H,3-5,8-9H2,1-2H3/t14-,16+,20+,23-/m1/s1. The molecule has 1 aromatic carbocycles. The number of pyridine rings is 1. The summed E-state index contributed by atoms with van der Waals surface area (Å²) in [6.45, 7) is 0. The van der Waals surface area contributed by atoms with Crippen LogP contribution in [0.1, 0.15) is 32.1 Å². The maximum atomic E-state index is 15.1. The molecule has 34 heavy (non-hydrogen) atoms.